The van der Waals surface area contributed by atoms with E-state index in [1.54, 1.807) is 11.3 Å². The lowest BCUT2D eigenvalue weighted by Gasteiger charge is -2.38. The van der Waals surface area contributed by atoms with Gasteiger partial charge in [0, 0.05) is 37.6 Å². The van der Waals surface area contributed by atoms with Crippen LogP contribution in [0.3, 0.4) is 0 Å². The zero-order valence-electron chi connectivity index (χ0n) is 17.8. The molecule has 180 valence electrons. The van der Waals surface area contributed by atoms with Crippen LogP contribution in [0.5, 0.6) is 0 Å². The number of ether oxygens (including phenoxy) is 2. The number of aryl methyl sites for hydroxylation is 1. The molecule has 0 unspecified atom stereocenters. The molecule has 3 heterocycles. The molecule has 0 aromatic carbocycles. The number of aliphatic carboxylic acids is 1. The number of aromatic nitrogens is 1. The molecule has 1 aliphatic carbocycles. The maximum absolute atomic E-state index is 12.2. The summed E-state index contributed by atoms with van der Waals surface area (Å²) in [5.41, 5.74) is 1.15. The lowest BCUT2D eigenvalue weighted by Crippen LogP contribution is -2.51. The minimum atomic E-state index is -5.08. The molecular formula is C20H28F3N3O5S. The molecule has 0 bridgehead atoms. The summed E-state index contributed by atoms with van der Waals surface area (Å²) in [6, 6.07) is 0.377. The number of morpholine rings is 1. The van der Waals surface area contributed by atoms with Crippen LogP contribution in [0.4, 0.5) is 13.2 Å². The van der Waals surface area contributed by atoms with E-state index in [9.17, 15) is 18.0 Å². The van der Waals surface area contributed by atoms with Gasteiger partial charge in [-0.15, -0.1) is 11.3 Å². The van der Waals surface area contributed by atoms with E-state index in [-0.39, 0.29) is 24.7 Å². The number of hydrogen-bond acceptors (Lipinski definition) is 7. The van der Waals surface area contributed by atoms with Gasteiger partial charge < -0.3 is 19.5 Å². The molecule has 3 atom stereocenters. The first-order chi connectivity index (χ1) is 15.1. The Morgan fingerprint density at radius 1 is 1.28 bits per heavy atom. The molecule has 3 aliphatic rings. The molecule has 1 amide bonds. The Kier molecular flexibility index (Phi) is 8.48. The van der Waals surface area contributed by atoms with Gasteiger partial charge in [-0.05, 0) is 32.6 Å². The highest BCUT2D eigenvalue weighted by molar-refractivity contribution is 7.09. The quantitative estimate of drug-likeness (QED) is 0.694. The molecule has 1 aromatic rings. The van der Waals surface area contributed by atoms with Crippen molar-refractivity contribution in [2.45, 2.75) is 63.6 Å². The third kappa shape index (κ3) is 6.63. The van der Waals surface area contributed by atoms with Crippen molar-refractivity contribution in [3.05, 3.63) is 16.1 Å². The summed E-state index contributed by atoms with van der Waals surface area (Å²) in [5.74, 6) is -2.63. The monoisotopic (exact) mass is 479 g/mol. The maximum atomic E-state index is 12.2. The van der Waals surface area contributed by atoms with Gasteiger partial charge in [-0.3, -0.25) is 9.69 Å². The Balaban J connectivity index is 0.000000360. The van der Waals surface area contributed by atoms with Crippen LogP contribution in [0.15, 0.2) is 5.38 Å². The Morgan fingerprint density at radius 3 is 2.56 bits per heavy atom. The van der Waals surface area contributed by atoms with E-state index in [2.05, 4.69) is 15.3 Å². The topological polar surface area (TPSA) is 92.2 Å². The zero-order chi connectivity index (χ0) is 23.3. The normalized spacial score (nSPS) is 25.9. The van der Waals surface area contributed by atoms with Crippen molar-refractivity contribution in [1.29, 1.82) is 0 Å². The third-order valence-corrected chi connectivity index (χ3v) is 6.63. The first-order valence-electron chi connectivity index (χ1n) is 10.6. The van der Waals surface area contributed by atoms with Crippen molar-refractivity contribution in [3.8, 4) is 0 Å². The first kappa shape index (κ1) is 24.9. The van der Waals surface area contributed by atoms with Gasteiger partial charge in [0.05, 0.1) is 29.5 Å². The number of nitrogens with zero attached hydrogens (tertiary/aromatic N) is 3. The van der Waals surface area contributed by atoms with Crippen LogP contribution in [-0.4, -0.2) is 89.0 Å². The van der Waals surface area contributed by atoms with Crippen molar-refractivity contribution >= 4 is 23.2 Å². The Labute approximate surface area is 188 Å². The number of thiazole rings is 1. The van der Waals surface area contributed by atoms with Crippen LogP contribution < -0.4 is 0 Å². The SMILES string of the molecule is Cc1nc(CN2CCO[C@H]3[C@H](OCC(=O)N4CCCC4)CC[C@@H]32)cs1.O=C(O)C(F)(F)F. The Hall–Kier alpha value is -1.76. The largest absolute Gasteiger partial charge is 0.490 e. The Morgan fingerprint density at radius 2 is 1.97 bits per heavy atom. The highest BCUT2D eigenvalue weighted by Crippen LogP contribution is 2.33. The van der Waals surface area contributed by atoms with Gasteiger partial charge in [-0.2, -0.15) is 13.2 Å². The molecule has 1 aromatic heterocycles. The summed E-state index contributed by atoms with van der Waals surface area (Å²) < 4.78 is 43.8. The predicted molar refractivity (Wildman–Crippen MR) is 109 cm³/mol. The summed E-state index contributed by atoms with van der Waals surface area (Å²) in [4.78, 5) is 30.1. The lowest BCUT2D eigenvalue weighted by molar-refractivity contribution is -0.192. The smallest absolute Gasteiger partial charge is 0.475 e. The number of likely N-dealkylation sites (tertiary alicyclic amines) is 1. The summed E-state index contributed by atoms with van der Waals surface area (Å²) in [6.07, 6.45) is -0.690. The number of halogens is 3. The molecule has 3 fully saturated rings. The van der Waals surface area contributed by atoms with Crippen LogP contribution in [0.2, 0.25) is 0 Å². The number of alkyl halides is 3. The number of fused-ring (bicyclic) bond motifs is 1. The number of carboxylic acid groups (broad SMARTS) is 1. The molecule has 4 rings (SSSR count). The average molecular weight is 480 g/mol. The fraction of sp³-hybridized carbons (Fsp3) is 0.750. The fourth-order valence-corrected chi connectivity index (χ4v) is 4.90. The van der Waals surface area contributed by atoms with E-state index >= 15 is 0 Å². The van der Waals surface area contributed by atoms with Crippen LogP contribution in [0, 0.1) is 6.92 Å². The number of carbonyl (C=O) groups is 2. The predicted octanol–water partition coefficient (Wildman–Crippen LogP) is 2.46. The molecular weight excluding hydrogens is 451 g/mol. The van der Waals surface area contributed by atoms with E-state index in [0.29, 0.717) is 6.04 Å². The van der Waals surface area contributed by atoms with Crippen LogP contribution in [-0.2, 0) is 25.6 Å². The van der Waals surface area contributed by atoms with E-state index in [1.807, 2.05) is 11.8 Å². The van der Waals surface area contributed by atoms with Crippen molar-refractivity contribution in [3.63, 3.8) is 0 Å². The second kappa shape index (κ2) is 10.9. The zero-order valence-corrected chi connectivity index (χ0v) is 18.7. The highest BCUT2D eigenvalue weighted by Gasteiger charge is 2.43. The van der Waals surface area contributed by atoms with Gasteiger partial charge in [0.2, 0.25) is 5.91 Å². The lowest BCUT2D eigenvalue weighted by atomic mass is 10.1. The molecule has 1 N–H and O–H groups in total. The van der Waals surface area contributed by atoms with Gasteiger partial charge in [-0.25, -0.2) is 9.78 Å². The molecule has 12 heteroatoms. The second-order valence-corrected chi connectivity index (χ2v) is 9.11. The first-order valence-corrected chi connectivity index (χ1v) is 11.5. The second-order valence-electron chi connectivity index (χ2n) is 8.05. The van der Waals surface area contributed by atoms with E-state index < -0.39 is 12.1 Å². The van der Waals surface area contributed by atoms with Crippen molar-refractivity contribution in [2.24, 2.45) is 0 Å². The molecule has 0 radical (unpaired) electrons. The molecule has 2 saturated heterocycles. The molecule has 1 saturated carbocycles. The maximum Gasteiger partial charge on any atom is 0.490 e. The molecule has 32 heavy (non-hydrogen) atoms. The average Bonchev–Trinajstić information content (AvgIpc) is 3.47. The van der Waals surface area contributed by atoms with Crippen molar-refractivity contribution < 1.29 is 37.3 Å². The fourth-order valence-electron chi connectivity index (χ4n) is 4.29. The van der Waals surface area contributed by atoms with Crippen LogP contribution in [0.25, 0.3) is 0 Å². The Bertz CT molecular complexity index is 785. The third-order valence-electron chi connectivity index (χ3n) is 5.80. The van der Waals surface area contributed by atoms with Gasteiger partial charge in [0.25, 0.3) is 0 Å². The summed E-state index contributed by atoms with van der Waals surface area (Å²) >= 11 is 1.71. The molecule has 0 spiro atoms. The highest BCUT2D eigenvalue weighted by atomic mass is 32.1. The van der Waals surface area contributed by atoms with E-state index in [1.165, 1.54) is 0 Å². The van der Waals surface area contributed by atoms with Gasteiger partial charge in [-0.1, -0.05) is 0 Å². The number of carbonyl (C=O) groups excluding carboxylic acids is 1. The number of hydrogen-bond donors (Lipinski definition) is 1. The van der Waals surface area contributed by atoms with Crippen molar-refractivity contribution in [2.75, 3.05) is 32.8 Å². The minimum absolute atomic E-state index is 0.0384. The minimum Gasteiger partial charge on any atom is -0.475 e. The molecule has 2 aliphatic heterocycles. The van der Waals surface area contributed by atoms with E-state index in [4.69, 9.17) is 19.4 Å². The standard InChI is InChI=1S/C18H27N3O3S.C2HF3O2/c1-13-19-14(12-25-13)10-21-8-9-23-18-15(21)4-5-16(18)24-11-17(22)20-6-2-3-7-20;3-2(4,5)1(6)7/h12,15-16,18H,2-11H2,1H3;(H,6,7)/t15-,16+,18+;/m0./s1. The van der Waals surface area contributed by atoms with Gasteiger partial charge in [0.1, 0.15) is 6.61 Å². The summed E-state index contributed by atoms with van der Waals surface area (Å²) in [7, 11) is 0. The van der Waals surface area contributed by atoms with Gasteiger partial charge >= 0.3 is 12.1 Å². The molecule has 8 nitrogen and oxygen atoms in total. The number of carboxylic acids is 1. The van der Waals surface area contributed by atoms with Crippen molar-refractivity contribution in [1.82, 2.24) is 14.8 Å². The van der Waals surface area contributed by atoms with Crippen LogP contribution >= 0.6 is 11.3 Å². The number of amides is 1. The number of rotatable bonds is 5. The van der Waals surface area contributed by atoms with Crippen LogP contribution in [0.1, 0.15) is 36.4 Å². The van der Waals surface area contributed by atoms with E-state index in [0.717, 1.165) is 69.2 Å². The summed E-state index contributed by atoms with van der Waals surface area (Å²) in [6.45, 7) is 6.57. The van der Waals surface area contributed by atoms with Gasteiger partial charge in [0.15, 0.2) is 0 Å². The summed E-state index contributed by atoms with van der Waals surface area (Å²) in [5, 5.41) is 10.4.